The van der Waals surface area contributed by atoms with Gasteiger partial charge >= 0.3 is 5.97 Å². The molecule has 7 nitrogen and oxygen atoms in total. The Bertz CT molecular complexity index is 510. The van der Waals surface area contributed by atoms with E-state index in [1.54, 1.807) is 4.68 Å². The van der Waals surface area contributed by atoms with E-state index in [-0.39, 0.29) is 12.1 Å². The van der Waals surface area contributed by atoms with E-state index in [9.17, 15) is 4.79 Å². The maximum absolute atomic E-state index is 12.1. The number of hydrogen-bond donors (Lipinski definition) is 2. The first-order chi connectivity index (χ1) is 10.0. The van der Waals surface area contributed by atoms with Crippen LogP contribution >= 0.6 is 0 Å². The van der Waals surface area contributed by atoms with E-state index in [0.717, 1.165) is 25.8 Å². The average Bonchev–Trinajstić information content (AvgIpc) is 3.04. The summed E-state index contributed by atoms with van der Waals surface area (Å²) in [4.78, 5) is 14.1. The van der Waals surface area contributed by atoms with E-state index in [1.807, 2.05) is 4.90 Å². The third-order valence-electron chi connectivity index (χ3n) is 4.13. The summed E-state index contributed by atoms with van der Waals surface area (Å²) in [5, 5.41) is 4.60. The molecule has 21 heavy (non-hydrogen) atoms. The molecule has 1 fully saturated rings. The molecule has 0 saturated carbocycles. The fourth-order valence-corrected chi connectivity index (χ4v) is 2.85. The number of nitrogens with two attached hydrogens (primary N) is 2. The molecule has 7 heteroatoms. The van der Waals surface area contributed by atoms with Gasteiger partial charge < -0.3 is 21.1 Å². The highest BCUT2D eigenvalue weighted by molar-refractivity contribution is 5.99. The molecule has 4 N–H and O–H groups in total. The van der Waals surface area contributed by atoms with Crippen LogP contribution in [-0.4, -0.2) is 42.0 Å². The zero-order valence-electron chi connectivity index (χ0n) is 13.0. The van der Waals surface area contributed by atoms with Gasteiger partial charge in [-0.3, -0.25) is 0 Å². The van der Waals surface area contributed by atoms with Crippen LogP contribution in [0.5, 0.6) is 0 Å². The van der Waals surface area contributed by atoms with Crippen LogP contribution in [0.3, 0.4) is 0 Å². The maximum atomic E-state index is 12.1. The molecular formula is C14H25N5O2. The predicted molar refractivity (Wildman–Crippen MR) is 82.4 cm³/mol. The minimum Gasteiger partial charge on any atom is -0.465 e. The molecule has 1 atom stereocenters. The second-order valence-corrected chi connectivity index (χ2v) is 5.49. The first-order valence-electron chi connectivity index (χ1n) is 7.50. The zero-order chi connectivity index (χ0) is 15.6. The Morgan fingerprint density at radius 2 is 2.14 bits per heavy atom. The summed E-state index contributed by atoms with van der Waals surface area (Å²) in [7, 11) is 1.36. The number of aromatic nitrogens is 2. The topological polar surface area (TPSA) is 99.4 Å². The number of esters is 1. The minimum absolute atomic E-state index is 0.106. The van der Waals surface area contributed by atoms with E-state index in [4.69, 9.17) is 16.2 Å². The number of carbonyl (C=O) groups excluding carboxylic acids is 1. The molecule has 0 spiro atoms. The van der Waals surface area contributed by atoms with Gasteiger partial charge in [-0.25, -0.2) is 9.48 Å². The number of carbonyl (C=O) groups is 1. The average molecular weight is 295 g/mol. The van der Waals surface area contributed by atoms with Crippen molar-refractivity contribution in [2.24, 2.45) is 5.73 Å². The van der Waals surface area contributed by atoms with Crippen molar-refractivity contribution < 1.29 is 9.53 Å². The number of methoxy groups -OCH3 is 1. The van der Waals surface area contributed by atoms with Crippen LogP contribution in [0.25, 0.3) is 0 Å². The lowest BCUT2D eigenvalue weighted by Crippen LogP contribution is -2.27. The maximum Gasteiger partial charge on any atom is 0.345 e. The van der Waals surface area contributed by atoms with Crippen LogP contribution in [0.2, 0.25) is 0 Å². The van der Waals surface area contributed by atoms with Gasteiger partial charge in [-0.15, -0.1) is 0 Å². The number of nitrogens with zero attached hydrogens (tertiary/aromatic N) is 3. The summed E-state index contributed by atoms with van der Waals surface area (Å²) in [5.74, 6) is 0.533. The van der Waals surface area contributed by atoms with Gasteiger partial charge in [0.2, 0.25) is 0 Å². The van der Waals surface area contributed by atoms with Crippen LogP contribution in [0.15, 0.2) is 0 Å². The number of hydrogen-bond acceptors (Lipinski definition) is 6. The van der Waals surface area contributed by atoms with Crippen molar-refractivity contribution in [3.8, 4) is 0 Å². The van der Waals surface area contributed by atoms with Crippen LogP contribution < -0.4 is 16.4 Å². The first kappa shape index (κ1) is 15.6. The molecule has 0 bridgehead atoms. The van der Waals surface area contributed by atoms with E-state index in [1.165, 1.54) is 7.11 Å². The summed E-state index contributed by atoms with van der Waals surface area (Å²) in [5.41, 5.74) is 12.5. The summed E-state index contributed by atoms with van der Waals surface area (Å²) >= 11 is 0. The monoisotopic (exact) mass is 295 g/mol. The van der Waals surface area contributed by atoms with Crippen molar-refractivity contribution in [2.75, 3.05) is 30.8 Å². The molecule has 0 aliphatic carbocycles. The van der Waals surface area contributed by atoms with Crippen LogP contribution in [-0.2, 0) is 4.74 Å². The molecule has 118 valence electrons. The molecule has 0 radical (unpaired) electrons. The Morgan fingerprint density at radius 3 is 2.62 bits per heavy atom. The molecule has 1 aromatic heterocycles. The molecule has 1 unspecified atom stereocenters. The van der Waals surface area contributed by atoms with Crippen molar-refractivity contribution in [3.63, 3.8) is 0 Å². The number of ether oxygens (including phenoxy) is 1. The van der Waals surface area contributed by atoms with Gasteiger partial charge in [0.25, 0.3) is 0 Å². The van der Waals surface area contributed by atoms with Gasteiger partial charge in [0.1, 0.15) is 11.4 Å². The van der Waals surface area contributed by atoms with E-state index in [2.05, 4.69) is 18.9 Å². The normalized spacial score (nSPS) is 18.5. The SMILES string of the molecule is CCC(CC)n1nc(N2CCC(N)C2)c(C(=O)OC)c1N. The van der Waals surface area contributed by atoms with Crippen molar-refractivity contribution in [1.29, 1.82) is 0 Å². The molecule has 0 amide bonds. The van der Waals surface area contributed by atoms with Gasteiger partial charge in [-0.05, 0) is 19.3 Å². The summed E-state index contributed by atoms with van der Waals surface area (Å²) in [6.45, 7) is 5.63. The van der Waals surface area contributed by atoms with Crippen LogP contribution in [0.4, 0.5) is 11.6 Å². The van der Waals surface area contributed by atoms with Crippen LogP contribution in [0, 0.1) is 0 Å². The lowest BCUT2D eigenvalue weighted by Gasteiger charge is -2.16. The highest BCUT2D eigenvalue weighted by Crippen LogP contribution is 2.32. The molecule has 0 aromatic carbocycles. The first-order valence-corrected chi connectivity index (χ1v) is 7.50. The summed E-state index contributed by atoms with van der Waals surface area (Å²) in [6.07, 6.45) is 2.70. The van der Waals surface area contributed by atoms with Gasteiger partial charge in [0, 0.05) is 19.1 Å². The van der Waals surface area contributed by atoms with Crippen molar-refractivity contribution >= 4 is 17.6 Å². The van der Waals surface area contributed by atoms with Crippen molar-refractivity contribution in [1.82, 2.24) is 9.78 Å². The highest BCUT2D eigenvalue weighted by Gasteiger charge is 2.31. The van der Waals surface area contributed by atoms with E-state index < -0.39 is 5.97 Å². The minimum atomic E-state index is -0.444. The fraction of sp³-hybridized carbons (Fsp3) is 0.714. The Morgan fingerprint density at radius 1 is 1.48 bits per heavy atom. The molecule has 1 saturated heterocycles. The zero-order valence-corrected chi connectivity index (χ0v) is 13.0. The molecule has 1 aliphatic heterocycles. The number of anilines is 2. The molecule has 2 rings (SSSR count). The lowest BCUT2D eigenvalue weighted by atomic mass is 10.2. The Kier molecular flexibility index (Phi) is 4.72. The van der Waals surface area contributed by atoms with Gasteiger partial charge in [0.05, 0.1) is 13.2 Å². The fourth-order valence-electron chi connectivity index (χ4n) is 2.85. The Balaban J connectivity index is 2.47. The summed E-state index contributed by atoms with van der Waals surface area (Å²) in [6, 6.07) is 0.286. The van der Waals surface area contributed by atoms with Gasteiger partial charge in [-0.2, -0.15) is 5.10 Å². The van der Waals surface area contributed by atoms with Gasteiger partial charge in [-0.1, -0.05) is 13.8 Å². The van der Waals surface area contributed by atoms with E-state index >= 15 is 0 Å². The third-order valence-corrected chi connectivity index (χ3v) is 4.13. The molecule has 2 heterocycles. The predicted octanol–water partition coefficient (Wildman–Crippen LogP) is 1.15. The van der Waals surface area contributed by atoms with E-state index in [0.29, 0.717) is 23.7 Å². The number of rotatable bonds is 5. The number of nitrogen functional groups attached to an aromatic ring is 1. The smallest absolute Gasteiger partial charge is 0.345 e. The second-order valence-electron chi connectivity index (χ2n) is 5.49. The van der Waals surface area contributed by atoms with Gasteiger partial charge in [0.15, 0.2) is 5.82 Å². The quantitative estimate of drug-likeness (QED) is 0.791. The lowest BCUT2D eigenvalue weighted by molar-refractivity contribution is 0.0602. The standard InChI is InChI=1S/C14H25N5O2/c1-4-10(5-2)19-12(16)11(14(20)21-3)13(17-19)18-7-6-9(15)8-18/h9-10H,4-8,15-16H2,1-3H3. The van der Waals surface area contributed by atoms with Crippen molar-refractivity contribution in [3.05, 3.63) is 5.56 Å². The Labute approximate surface area is 125 Å². The second kappa shape index (κ2) is 6.34. The Hall–Kier alpha value is -1.76. The molecule has 1 aliphatic rings. The summed E-state index contributed by atoms with van der Waals surface area (Å²) < 4.78 is 6.63. The molecule has 1 aromatic rings. The van der Waals surface area contributed by atoms with Crippen LogP contribution in [0.1, 0.15) is 49.5 Å². The molecular weight excluding hydrogens is 270 g/mol. The largest absolute Gasteiger partial charge is 0.465 e. The highest BCUT2D eigenvalue weighted by atomic mass is 16.5. The van der Waals surface area contributed by atoms with Crippen molar-refractivity contribution in [2.45, 2.75) is 45.2 Å². The third kappa shape index (κ3) is 2.83.